The van der Waals surface area contributed by atoms with Crippen LogP contribution in [0.4, 0.5) is 0 Å². The Morgan fingerprint density at radius 2 is 1.94 bits per heavy atom. The summed E-state index contributed by atoms with van der Waals surface area (Å²) in [6.07, 6.45) is 7.04. The van der Waals surface area contributed by atoms with Gasteiger partial charge in [-0.15, -0.1) is 0 Å². The van der Waals surface area contributed by atoms with E-state index >= 15 is 0 Å². The number of hydrogen-bond acceptors (Lipinski definition) is 4. The van der Waals surface area contributed by atoms with E-state index in [4.69, 9.17) is 4.42 Å². The minimum Gasteiger partial charge on any atom is -0.463 e. The van der Waals surface area contributed by atoms with E-state index in [0.717, 1.165) is 36.8 Å². The number of hydrogen-bond donors (Lipinski definition) is 1. The second kappa shape index (κ2) is 8.54. The fraction of sp³-hybridized carbons (Fsp3) is 0.423. The van der Waals surface area contributed by atoms with Crippen molar-refractivity contribution >= 4 is 11.8 Å². The Morgan fingerprint density at radius 3 is 2.64 bits per heavy atom. The molecular formula is C26H30N4O3. The summed E-state index contributed by atoms with van der Waals surface area (Å²) < 4.78 is 7.15. The molecule has 3 heterocycles. The summed E-state index contributed by atoms with van der Waals surface area (Å²) in [5.74, 6) is 0.284. The van der Waals surface area contributed by atoms with E-state index in [2.05, 4.69) is 10.4 Å². The molecule has 0 radical (unpaired) electrons. The van der Waals surface area contributed by atoms with Crippen molar-refractivity contribution in [1.82, 2.24) is 20.0 Å². The summed E-state index contributed by atoms with van der Waals surface area (Å²) in [6.45, 7) is 4.54. The Morgan fingerprint density at radius 1 is 1.18 bits per heavy atom. The van der Waals surface area contributed by atoms with Crippen molar-refractivity contribution in [1.29, 1.82) is 0 Å². The van der Waals surface area contributed by atoms with Gasteiger partial charge in [0.1, 0.15) is 16.9 Å². The number of nitrogens with zero attached hydrogens (tertiary/aromatic N) is 3. The monoisotopic (exact) mass is 446 g/mol. The van der Waals surface area contributed by atoms with Gasteiger partial charge < -0.3 is 14.6 Å². The standard InChI is InChI=1S/C26H30N4O3/c1-18-10-12-19(13-11-18)16-29-24(31)22-15-21(23-9-6-14-33-23)28-30(22)17-26(29,2)25(32)27-20-7-4-3-5-8-20/h6,9-15,20H,3-5,7-8,16-17H2,1-2H3,(H,27,32). The highest BCUT2D eigenvalue weighted by atomic mass is 16.3. The average molecular weight is 447 g/mol. The molecule has 1 atom stereocenters. The van der Waals surface area contributed by atoms with Crippen LogP contribution in [0.2, 0.25) is 0 Å². The van der Waals surface area contributed by atoms with E-state index in [-0.39, 0.29) is 17.9 Å². The first kappa shape index (κ1) is 21.5. The van der Waals surface area contributed by atoms with E-state index in [1.807, 2.05) is 44.2 Å². The summed E-state index contributed by atoms with van der Waals surface area (Å²) in [5.41, 5.74) is 2.15. The van der Waals surface area contributed by atoms with Gasteiger partial charge in [-0.3, -0.25) is 14.3 Å². The number of rotatable bonds is 5. The Bertz CT molecular complexity index is 1140. The number of benzene rings is 1. The van der Waals surface area contributed by atoms with Crippen LogP contribution in [0.15, 0.2) is 53.1 Å². The highest BCUT2D eigenvalue weighted by molar-refractivity contribution is 6.00. The molecule has 2 amide bonds. The lowest BCUT2D eigenvalue weighted by atomic mass is 9.91. The van der Waals surface area contributed by atoms with Gasteiger partial charge in [-0.25, -0.2) is 0 Å². The van der Waals surface area contributed by atoms with E-state index in [1.165, 1.54) is 6.42 Å². The Kier molecular flexibility index (Phi) is 5.56. The zero-order valence-electron chi connectivity index (χ0n) is 19.2. The summed E-state index contributed by atoms with van der Waals surface area (Å²) >= 11 is 0. The fourth-order valence-corrected chi connectivity index (χ4v) is 4.90. The number of carbonyl (C=O) groups excluding carboxylic acids is 2. The van der Waals surface area contributed by atoms with Gasteiger partial charge in [0, 0.05) is 18.7 Å². The third kappa shape index (κ3) is 4.08. The maximum atomic E-state index is 13.7. The molecule has 1 aliphatic carbocycles. The maximum absolute atomic E-state index is 13.7. The van der Waals surface area contributed by atoms with Crippen LogP contribution in [-0.4, -0.2) is 38.1 Å². The smallest absolute Gasteiger partial charge is 0.273 e. The van der Waals surface area contributed by atoms with Crippen LogP contribution >= 0.6 is 0 Å². The van der Waals surface area contributed by atoms with Crippen LogP contribution in [0.3, 0.4) is 0 Å². The van der Waals surface area contributed by atoms with Crippen molar-refractivity contribution in [2.24, 2.45) is 0 Å². The molecule has 1 aliphatic heterocycles. The van der Waals surface area contributed by atoms with E-state index in [9.17, 15) is 9.59 Å². The van der Waals surface area contributed by atoms with Crippen molar-refractivity contribution in [3.8, 4) is 11.5 Å². The summed E-state index contributed by atoms with van der Waals surface area (Å²) in [6, 6.07) is 13.6. The van der Waals surface area contributed by atoms with Crippen molar-refractivity contribution in [2.75, 3.05) is 0 Å². The molecule has 1 unspecified atom stereocenters. The fourth-order valence-electron chi connectivity index (χ4n) is 4.90. The number of amides is 2. The molecule has 1 N–H and O–H groups in total. The minimum atomic E-state index is -1.06. The number of aryl methyl sites for hydroxylation is 1. The first-order chi connectivity index (χ1) is 15.9. The van der Waals surface area contributed by atoms with Crippen LogP contribution in [-0.2, 0) is 17.9 Å². The number of aromatic nitrogens is 2. The molecule has 5 rings (SSSR count). The van der Waals surface area contributed by atoms with Gasteiger partial charge in [0.2, 0.25) is 5.91 Å². The lowest BCUT2D eigenvalue weighted by Crippen LogP contribution is -2.64. The predicted molar refractivity (Wildman–Crippen MR) is 124 cm³/mol. The molecule has 172 valence electrons. The highest BCUT2D eigenvalue weighted by Crippen LogP contribution is 2.32. The largest absolute Gasteiger partial charge is 0.463 e. The van der Waals surface area contributed by atoms with Gasteiger partial charge in [-0.2, -0.15) is 5.10 Å². The molecule has 0 spiro atoms. The number of nitrogens with one attached hydrogen (secondary N) is 1. The summed E-state index contributed by atoms with van der Waals surface area (Å²) in [5, 5.41) is 7.86. The molecule has 1 saturated carbocycles. The van der Waals surface area contributed by atoms with Gasteiger partial charge in [-0.05, 0) is 44.4 Å². The molecule has 33 heavy (non-hydrogen) atoms. The highest BCUT2D eigenvalue weighted by Gasteiger charge is 2.48. The van der Waals surface area contributed by atoms with Gasteiger partial charge in [-0.1, -0.05) is 49.1 Å². The third-order valence-electron chi connectivity index (χ3n) is 6.96. The second-order valence-corrected chi connectivity index (χ2v) is 9.51. The molecule has 0 saturated heterocycles. The summed E-state index contributed by atoms with van der Waals surface area (Å²) in [4.78, 5) is 29.1. The molecule has 2 aromatic heterocycles. The first-order valence-electron chi connectivity index (χ1n) is 11.7. The summed E-state index contributed by atoms with van der Waals surface area (Å²) in [7, 11) is 0. The molecule has 0 bridgehead atoms. The van der Waals surface area contributed by atoms with Crippen LogP contribution < -0.4 is 5.32 Å². The van der Waals surface area contributed by atoms with Crippen LogP contribution in [0.25, 0.3) is 11.5 Å². The second-order valence-electron chi connectivity index (χ2n) is 9.51. The molecule has 7 nitrogen and oxygen atoms in total. The van der Waals surface area contributed by atoms with E-state index < -0.39 is 5.54 Å². The van der Waals surface area contributed by atoms with E-state index in [0.29, 0.717) is 30.2 Å². The van der Waals surface area contributed by atoms with Gasteiger partial charge in [0.05, 0.1) is 12.8 Å². The molecule has 7 heteroatoms. The first-order valence-corrected chi connectivity index (χ1v) is 11.7. The third-order valence-corrected chi connectivity index (χ3v) is 6.96. The van der Waals surface area contributed by atoms with Crippen LogP contribution in [0, 0.1) is 6.92 Å². The Hall–Kier alpha value is -3.35. The SMILES string of the molecule is Cc1ccc(CN2C(=O)c3cc(-c4ccco4)nn3CC2(C)C(=O)NC2CCCCC2)cc1. The predicted octanol–water partition coefficient (Wildman–Crippen LogP) is 4.32. The van der Waals surface area contributed by atoms with Crippen molar-refractivity contribution in [3.63, 3.8) is 0 Å². The van der Waals surface area contributed by atoms with Gasteiger partial charge >= 0.3 is 0 Å². The minimum absolute atomic E-state index is 0.115. The molecule has 1 aromatic carbocycles. The Labute approximate surface area is 193 Å². The zero-order chi connectivity index (χ0) is 23.0. The average Bonchev–Trinajstić information content (AvgIpc) is 3.48. The molecule has 1 fully saturated rings. The van der Waals surface area contributed by atoms with Crippen LogP contribution in [0.1, 0.15) is 60.6 Å². The lowest BCUT2D eigenvalue weighted by molar-refractivity contribution is -0.134. The van der Waals surface area contributed by atoms with Gasteiger partial charge in [0.25, 0.3) is 5.91 Å². The zero-order valence-corrected chi connectivity index (χ0v) is 19.2. The molecule has 3 aromatic rings. The quantitative estimate of drug-likeness (QED) is 0.633. The normalized spacial score (nSPS) is 21.2. The van der Waals surface area contributed by atoms with Crippen molar-refractivity contribution in [3.05, 3.63) is 65.5 Å². The molecular weight excluding hydrogens is 416 g/mol. The number of carbonyl (C=O) groups is 2. The van der Waals surface area contributed by atoms with Crippen LogP contribution in [0.5, 0.6) is 0 Å². The Balaban J connectivity index is 1.50. The van der Waals surface area contributed by atoms with E-state index in [1.54, 1.807) is 28.0 Å². The molecule has 2 aliphatic rings. The van der Waals surface area contributed by atoms with Crippen molar-refractivity contribution in [2.45, 2.75) is 70.6 Å². The topological polar surface area (TPSA) is 80.4 Å². The van der Waals surface area contributed by atoms with Gasteiger partial charge in [0.15, 0.2) is 5.76 Å². The maximum Gasteiger partial charge on any atom is 0.273 e. The number of fused-ring (bicyclic) bond motifs is 1. The lowest BCUT2D eigenvalue weighted by Gasteiger charge is -2.44. The number of furan rings is 1. The van der Waals surface area contributed by atoms with Crippen molar-refractivity contribution < 1.29 is 14.0 Å².